The van der Waals surface area contributed by atoms with Gasteiger partial charge < -0.3 is 78.4 Å². The predicted octanol–water partition coefficient (Wildman–Crippen LogP) is -4.52. The summed E-state index contributed by atoms with van der Waals surface area (Å²) in [4.78, 5) is 22.5. The third-order valence-corrected chi connectivity index (χ3v) is 6.21. The zero-order valence-electron chi connectivity index (χ0n) is 22.1. The molecule has 7 N–H and O–H groups in total. The summed E-state index contributed by atoms with van der Waals surface area (Å²) in [6.45, 7) is -2.79. The maximum atomic E-state index is 12.1. The Balaban J connectivity index is 2.09. The Bertz CT molecular complexity index is 768. The van der Waals surface area contributed by atoms with E-state index in [0.717, 1.165) is 0 Å². The van der Waals surface area contributed by atoms with Crippen molar-refractivity contribution < 1.29 is 88.0 Å². The molecule has 18 heteroatoms. The average Bonchev–Trinajstić information content (AvgIpc) is 2.93. The summed E-state index contributed by atoms with van der Waals surface area (Å²) in [5.41, 5.74) is 0. The van der Waals surface area contributed by atoms with E-state index in [9.17, 15) is 40.2 Å². The molecule has 0 aromatic carbocycles. The first-order chi connectivity index (χ1) is 19.0. The van der Waals surface area contributed by atoms with Crippen molar-refractivity contribution in [1.82, 2.24) is 0 Å². The number of aliphatic hydroxyl groups is 5. The van der Waals surface area contributed by atoms with Crippen molar-refractivity contribution >= 4 is 11.9 Å². The van der Waals surface area contributed by atoms with E-state index in [1.165, 1.54) is 21.3 Å². The van der Waals surface area contributed by atoms with Crippen LogP contribution in [0.4, 0.5) is 0 Å². The summed E-state index contributed by atoms with van der Waals surface area (Å²) < 4.78 is 47.7. The Morgan fingerprint density at radius 1 is 0.800 bits per heavy atom. The molecule has 0 saturated carbocycles. The number of carboxylic acid groups (broad SMARTS) is 2. The highest BCUT2D eigenvalue weighted by Crippen LogP contribution is 2.32. The fourth-order valence-electron chi connectivity index (χ4n) is 4.18. The first-order valence-corrected chi connectivity index (χ1v) is 12.1. The van der Waals surface area contributed by atoms with Crippen molar-refractivity contribution in [2.24, 2.45) is 0 Å². The molecule has 2 rings (SSSR count). The van der Waals surface area contributed by atoms with Crippen LogP contribution in [0.15, 0.2) is 0 Å². The third kappa shape index (κ3) is 8.94. The van der Waals surface area contributed by atoms with Gasteiger partial charge in [-0.05, 0) is 0 Å². The first kappa shape index (κ1) is 34.6. The molecule has 12 atom stereocenters. The highest BCUT2D eigenvalue weighted by Gasteiger charge is 2.54. The van der Waals surface area contributed by atoms with Crippen molar-refractivity contribution in [3.05, 3.63) is 0 Å². The lowest BCUT2D eigenvalue weighted by atomic mass is 9.96. The van der Waals surface area contributed by atoms with Crippen LogP contribution in [0.3, 0.4) is 0 Å². The molecule has 0 bridgehead atoms. The first-order valence-electron chi connectivity index (χ1n) is 12.1. The Hall–Kier alpha value is -1.62. The molecule has 0 aromatic rings. The summed E-state index contributed by atoms with van der Waals surface area (Å²) in [5, 5.41) is 69.2. The van der Waals surface area contributed by atoms with Gasteiger partial charge in [0.05, 0.1) is 19.8 Å². The lowest BCUT2D eigenvalue weighted by Crippen LogP contribution is -2.66. The second-order valence-electron chi connectivity index (χ2n) is 8.87. The van der Waals surface area contributed by atoms with Crippen LogP contribution >= 0.6 is 0 Å². The van der Waals surface area contributed by atoms with Gasteiger partial charge in [0.1, 0.15) is 68.3 Å². The molecule has 6 unspecified atom stereocenters. The van der Waals surface area contributed by atoms with Gasteiger partial charge in [0.15, 0.2) is 18.7 Å². The monoisotopic (exact) mass is 590 g/mol. The minimum Gasteiger partial charge on any atom is -0.480 e. The van der Waals surface area contributed by atoms with E-state index in [1.807, 2.05) is 0 Å². The average molecular weight is 591 g/mol. The minimum absolute atomic E-state index is 0.453. The van der Waals surface area contributed by atoms with Gasteiger partial charge in [-0.15, -0.1) is 0 Å². The molecule has 2 aliphatic rings. The molecular weight excluding hydrogens is 552 g/mol. The van der Waals surface area contributed by atoms with E-state index in [4.69, 9.17) is 43.0 Å². The van der Waals surface area contributed by atoms with Gasteiger partial charge in [-0.3, -0.25) is 0 Å². The van der Waals surface area contributed by atoms with E-state index < -0.39 is 119 Å². The maximum absolute atomic E-state index is 12.1. The second kappa shape index (κ2) is 16.7. The molecule has 0 aliphatic carbocycles. The number of ether oxygens (including phenoxy) is 9. The van der Waals surface area contributed by atoms with Crippen molar-refractivity contribution in [2.75, 3.05) is 54.5 Å². The van der Waals surface area contributed by atoms with Crippen molar-refractivity contribution in [2.45, 2.75) is 73.6 Å². The minimum atomic E-state index is -1.77. The summed E-state index contributed by atoms with van der Waals surface area (Å²) in [5.74, 6) is -2.73. The molecule has 0 aromatic heterocycles. The van der Waals surface area contributed by atoms with Crippen molar-refractivity contribution in [3.63, 3.8) is 0 Å². The van der Waals surface area contributed by atoms with Gasteiger partial charge >= 0.3 is 11.9 Å². The van der Waals surface area contributed by atoms with Gasteiger partial charge in [-0.25, -0.2) is 9.59 Å². The van der Waals surface area contributed by atoms with Gasteiger partial charge in [0.2, 0.25) is 0 Å². The van der Waals surface area contributed by atoms with Crippen LogP contribution in [0, 0.1) is 0 Å². The summed E-state index contributed by atoms with van der Waals surface area (Å²) in [6, 6.07) is 0. The third-order valence-electron chi connectivity index (χ3n) is 6.21. The molecule has 40 heavy (non-hydrogen) atoms. The number of aliphatic carboxylic acids is 2. The topological polar surface area (TPSA) is 259 Å². The standard InChI is InChI=1S/C22H38O18/c1-32-16-17(37-6-10(25)9(24)5-35-8-36-7-12(26)27)18(20(30)31)40-22(19(16)33-2)39-15-11(4-23)38-21(34-3)14(29)13(15)28/h9-11,13-19,21-25,28-29H,4-8H2,1-3H3,(H,26,27)(H,30,31)/t9?,10?,11?,13?,14-,15+,16?,17-,18+,19?,21-,22+/m0/s1. The molecule has 2 aliphatic heterocycles. The van der Waals surface area contributed by atoms with Crippen LogP contribution < -0.4 is 0 Å². The van der Waals surface area contributed by atoms with Crippen LogP contribution in [-0.2, 0) is 52.2 Å². The number of carbonyl (C=O) groups is 2. The molecular formula is C22H38O18. The molecule has 18 nitrogen and oxygen atoms in total. The number of aliphatic hydroxyl groups excluding tert-OH is 5. The largest absolute Gasteiger partial charge is 0.480 e. The number of rotatable bonds is 17. The Morgan fingerprint density at radius 3 is 2.00 bits per heavy atom. The predicted molar refractivity (Wildman–Crippen MR) is 124 cm³/mol. The van der Waals surface area contributed by atoms with E-state index >= 15 is 0 Å². The van der Waals surface area contributed by atoms with Gasteiger partial charge in [-0.1, -0.05) is 0 Å². The van der Waals surface area contributed by atoms with E-state index in [-0.39, 0.29) is 0 Å². The van der Waals surface area contributed by atoms with Crippen LogP contribution in [-0.4, -0.2) is 176 Å². The molecule has 2 saturated heterocycles. The van der Waals surface area contributed by atoms with E-state index in [0.29, 0.717) is 0 Å². The smallest absolute Gasteiger partial charge is 0.335 e. The van der Waals surface area contributed by atoms with Gasteiger partial charge in [-0.2, -0.15) is 0 Å². The van der Waals surface area contributed by atoms with Crippen LogP contribution in [0.2, 0.25) is 0 Å². The lowest BCUT2D eigenvalue weighted by Gasteiger charge is -2.47. The van der Waals surface area contributed by atoms with Crippen LogP contribution in [0.25, 0.3) is 0 Å². The number of methoxy groups -OCH3 is 3. The second-order valence-corrected chi connectivity index (χ2v) is 8.87. The van der Waals surface area contributed by atoms with Crippen molar-refractivity contribution in [3.8, 4) is 0 Å². The molecule has 234 valence electrons. The Morgan fingerprint density at radius 2 is 1.45 bits per heavy atom. The zero-order chi connectivity index (χ0) is 30.0. The highest BCUT2D eigenvalue weighted by molar-refractivity contribution is 5.73. The number of carboxylic acids is 2. The highest BCUT2D eigenvalue weighted by atomic mass is 16.8. The molecule has 0 amide bonds. The SMILES string of the molecule is COC1C(OC)[C@H](OCC(O)C(O)COCOCC(=O)O)[C@H](C(=O)O)O[C@H]1O[C@@H]1C(CO)O[C@H](OC)[C@@H](O)C1O. The quantitative estimate of drug-likeness (QED) is 0.0621. The number of hydrogen-bond acceptors (Lipinski definition) is 16. The zero-order valence-corrected chi connectivity index (χ0v) is 22.1. The molecule has 2 heterocycles. The summed E-state index contributed by atoms with van der Waals surface area (Å²) in [7, 11) is 3.69. The fraction of sp³-hybridized carbons (Fsp3) is 0.909. The van der Waals surface area contributed by atoms with Gasteiger partial charge in [0, 0.05) is 21.3 Å². The van der Waals surface area contributed by atoms with Crippen LogP contribution in [0.1, 0.15) is 0 Å². The van der Waals surface area contributed by atoms with E-state index in [1.54, 1.807) is 0 Å². The Labute approximate surface area is 228 Å². The van der Waals surface area contributed by atoms with Crippen molar-refractivity contribution in [1.29, 1.82) is 0 Å². The van der Waals surface area contributed by atoms with E-state index in [2.05, 4.69) is 4.74 Å². The number of hydrogen-bond donors (Lipinski definition) is 7. The normalized spacial score (nSPS) is 36.2. The Kier molecular flexibility index (Phi) is 14.5. The summed E-state index contributed by atoms with van der Waals surface area (Å²) in [6.07, 6.45) is -17.3. The van der Waals surface area contributed by atoms with Gasteiger partial charge in [0.25, 0.3) is 0 Å². The molecule has 0 spiro atoms. The lowest BCUT2D eigenvalue weighted by molar-refractivity contribution is -0.359. The fourth-order valence-corrected chi connectivity index (χ4v) is 4.18. The van der Waals surface area contributed by atoms with Crippen LogP contribution in [0.5, 0.6) is 0 Å². The molecule has 2 fully saturated rings. The maximum Gasteiger partial charge on any atom is 0.335 e. The summed E-state index contributed by atoms with van der Waals surface area (Å²) >= 11 is 0. The molecule has 0 radical (unpaired) electrons.